The van der Waals surface area contributed by atoms with Crippen LogP contribution < -0.4 is 0 Å². The van der Waals surface area contributed by atoms with Crippen LogP contribution in [-0.2, 0) is 4.74 Å². The van der Waals surface area contributed by atoms with Crippen LogP contribution in [0.1, 0.15) is 90.4 Å². The lowest BCUT2D eigenvalue weighted by Gasteiger charge is -2.13. The third-order valence-corrected chi connectivity index (χ3v) is 5.59. The SMILES string of the molecule is C/C=C(\C)CC/C=C(\C)CC/C(OC(=O)c1cc([N+](=O)[O-])cc([N+](=O)[O-])c1)=C(/C)CCC=C(C)C. The van der Waals surface area contributed by atoms with Gasteiger partial charge in [-0.1, -0.05) is 34.9 Å². The van der Waals surface area contributed by atoms with E-state index < -0.39 is 27.2 Å². The fraction of sp³-hybridized carbons (Fsp3) is 0.444. The number of nitro benzene ring substituents is 2. The van der Waals surface area contributed by atoms with Crippen molar-refractivity contribution in [3.63, 3.8) is 0 Å². The van der Waals surface area contributed by atoms with Crippen molar-refractivity contribution in [3.05, 3.63) is 90.3 Å². The Labute approximate surface area is 207 Å². The maximum absolute atomic E-state index is 12.9. The molecule has 190 valence electrons. The van der Waals surface area contributed by atoms with Crippen LogP contribution >= 0.6 is 0 Å². The molecule has 0 amide bonds. The number of benzene rings is 1. The molecule has 1 aromatic rings. The molecule has 35 heavy (non-hydrogen) atoms. The number of hydrogen-bond acceptors (Lipinski definition) is 6. The summed E-state index contributed by atoms with van der Waals surface area (Å²) in [5.41, 5.74) is 3.29. The van der Waals surface area contributed by atoms with Crippen molar-refractivity contribution >= 4 is 17.3 Å². The highest BCUT2D eigenvalue weighted by Crippen LogP contribution is 2.26. The van der Waals surface area contributed by atoms with Gasteiger partial charge in [-0.05, 0) is 79.2 Å². The first-order chi connectivity index (χ1) is 16.4. The van der Waals surface area contributed by atoms with Crippen molar-refractivity contribution in [2.75, 3.05) is 0 Å². The van der Waals surface area contributed by atoms with E-state index in [0.717, 1.165) is 43.0 Å². The Morgan fingerprint density at radius 3 is 1.91 bits per heavy atom. The van der Waals surface area contributed by atoms with Crippen LogP contribution in [0.4, 0.5) is 11.4 Å². The molecule has 0 saturated carbocycles. The molecule has 1 aromatic carbocycles. The van der Waals surface area contributed by atoms with E-state index in [0.29, 0.717) is 25.0 Å². The standard InChI is InChI=1S/C27H36N2O6/c1-7-20(4)11-9-12-21(5)14-15-26(22(6)13-8-10-19(2)3)35-27(30)23-16-24(28(31)32)18-25(17-23)29(33)34/h7,10,12,16-18H,8-9,11,13-15H2,1-6H3/b20-7+,21-12+,26-22+. The summed E-state index contributed by atoms with van der Waals surface area (Å²) in [5.74, 6) is -0.359. The number of nitrogens with zero attached hydrogens (tertiary/aromatic N) is 2. The van der Waals surface area contributed by atoms with Crippen molar-refractivity contribution in [1.82, 2.24) is 0 Å². The zero-order valence-electron chi connectivity index (χ0n) is 21.6. The summed E-state index contributed by atoms with van der Waals surface area (Å²) in [7, 11) is 0. The van der Waals surface area contributed by atoms with Gasteiger partial charge in [0.2, 0.25) is 0 Å². The highest BCUT2D eigenvalue weighted by molar-refractivity contribution is 5.91. The molecule has 0 unspecified atom stereocenters. The molecule has 0 aliphatic carbocycles. The number of carbonyl (C=O) groups is 1. The zero-order chi connectivity index (χ0) is 26.5. The van der Waals surface area contributed by atoms with Gasteiger partial charge in [-0.25, -0.2) is 4.79 Å². The highest BCUT2D eigenvalue weighted by atomic mass is 16.6. The summed E-state index contributed by atoms with van der Waals surface area (Å²) in [4.78, 5) is 33.7. The van der Waals surface area contributed by atoms with E-state index in [9.17, 15) is 25.0 Å². The Balaban J connectivity index is 3.15. The molecule has 0 aromatic heterocycles. The third-order valence-electron chi connectivity index (χ3n) is 5.59. The van der Waals surface area contributed by atoms with Gasteiger partial charge in [0.15, 0.2) is 0 Å². The fourth-order valence-corrected chi connectivity index (χ4v) is 3.27. The van der Waals surface area contributed by atoms with Crippen molar-refractivity contribution in [1.29, 1.82) is 0 Å². The van der Waals surface area contributed by atoms with Gasteiger partial charge in [-0.2, -0.15) is 0 Å². The third kappa shape index (κ3) is 10.9. The molecule has 0 N–H and O–H groups in total. The van der Waals surface area contributed by atoms with E-state index in [1.54, 1.807) is 0 Å². The second kappa shape index (κ2) is 14.7. The molecular formula is C27H36N2O6. The minimum absolute atomic E-state index is 0.227. The summed E-state index contributed by atoms with van der Waals surface area (Å²) in [6.07, 6.45) is 10.9. The molecule has 8 nitrogen and oxygen atoms in total. The van der Waals surface area contributed by atoms with Gasteiger partial charge in [0.1, 0.15) is 5.76 Å². The predicted octanol–water partition coefficient (Wildman–Crippen LogP) is 8.15. The maximum atomic E-state index is 12.9. The molecule has 1 rings (SSSR count). The van der Waals surface area contributed by atoms with Crippen LogP contribution in [0.2, 0.25) is 0 Å². The number of rotatable bonds is 13. The van der Waals surface area contributed by atoms with Crippen LogP contribution in [0.5, 0.6) is 0 Å². The van der Waals surface area contributed by atoms with Crippen LogP contribution in [-0.4, -0.2) is 15.8 Å². The van der Waals surface area contributed by atoms with Gasteiger partial charge in [-0.15, -0.1) is 0 Å². The summed E-state index contributed by atoms with van der Waals surface area (Å²) in [5, 5.41) is 22.4. The molecular weight excluding hydrogens is 448 g/mol. The first kappa shape index (κ1) is 29.5. The van der Waals surface area contributed by atoms with Gasteiger partial charge >= 0.3 is 5.97 Å². The Hall–Kier alpha value is -3.55. The second-order valence-electron chi connectivity index (χ2n) is 8.89. The minimum Gasteiger partial charge on any atom is -0.428 e. The normalized spacial score (nSPS) is 12.6. The van der Waals surface area contributed by atoms with Crippen LogP contribution in [0, 0.1) is 20.2 Å². The van der Waals surface area contributed by atoms with Crippen LogP contribution in [0.3, 0.4) is 0 Å². The molecule has 0 spiro atoms. The van der Waals surface area contributed by atoms with E-state index in [1.807, 2.05) is 34.6 Å². The number of esters is 1. The average Bonchev–Trinajstić information content (AvgIpc) is 2.80. The number of allylic oxidation sites excluding steroid dienone is 8. The minimum atomic E-state index is -0.848. The summed E-state index contributed by atoms with van der Waals surface area (Å²) in [6.45, 7) is 12.1. The number of nitro groups is 2. The van der Waals surface area contributed by atoms with Crippen LogP contribution in [0.15, 0.2) is 64.5 Å². The number of ether oxygens (including phenoxy) is 1. The lowest BCUT2D eigenvalue weighted by molar-refractivity contribution is -0.394. The van der Waals surface area contributed by atoms with E-state index in [-0.39, 0.29) is 5.56 Å². The van der Waals surface area contributed by atoms with Gasteiger partial charge in [-0.3, -0.25) is 20.2 Å². The molecule has 0 bridgehead atoms. The van der Waals surface area contributed by atoms with Gasteiger partial charge in [0.25, 0.3) is 11.4 Å². The van der Waals surface area contributed by atoms with E-state index in [2.05, 4.69) is 25.2 Å². The first-order valence-electron chi connectivity index (χ1n) is 11.7. The summed E-state index contributed by atoms with van der Waals surface area (Å²) < 4.78 is 5.67. The molecule has 0 saturated heterocycles. The van der Waals surface area contributed by atoms with Crippen molar-refractivity contribution in [2.45, 2.75) is 80.1 Å². The largest absolute Gasteiger partial charge is 0.428 e. The quantitative estimate of drug-likeness (QED) is 0.0917. The molecule has 0 atom stereocenters. The fourth-order valence-electron chi connectivity index (χ4n) is 3.27. The number of hydrogen-bond donors (Lipinski definition) is 0. The summed E-state index contributed by atoms with van der Waals surface area (Å²) in [6, 6.07) is 2.82. The lowest BCUT2D eigenvalue weighted by atomic mass is 10.0. The lowest BCUT2D eigenvalue weighted by Crippen LogP contribution is -2.08. The smallest absolute Gasteiger partial charge is 0.343 e. The molecule has 8 heteroatoms. The van der Waals surface area contributed by atoms with Crippen molar-refractivity contribution < 1.29 is 19.4 Å². The van der Waals surface area contributed by atoms with E-state index in [4.69, 9.17) is 4.74 Å². The van der Waals surface area contributed by atoms with E-state index in [1.165, 1.54) is 16.7 Å². The highest BCUT2D eigenvalue weighted by Gasteiger charge is 2.22. The summed E-state index contributed by atoms with van der Waals surface area (Å²) >= 11 is 0. The molecule has 0 radical (unpaired) electrons. The predicted molar refractivity (Wildman–Crippen MR) is 138 cm³/mol. The average molecular weight is 485 g/mol. The number of carbonyl (C=O) groups excluding carboxylic acids is 1. The van der Waals surface area contributed by atoms with Gasteiger partial charge in [0.05, 0.1) is 21.5 Å². The van der Waals surface area contributed by atoms with Gasteiger partial charge in [0, 0.05) is 18.6 Å². The Morgan fingerprint density at radius 1 is 0.829 bits per heavy atom. The number of non-ortho nitro benzene ring substituents is 2. The van der Waals surface area contributed by atoms with Crippen LogP contribution in [0.25, 0.3) is 0 Å². The Morgan fingerprint density at radius 2 is 1.40 bits per heavy atom. The van der Waals surface area contributed by atoms with E-state index >= 15 is 0 Å². The molecule has 0 heterocycles. The monoisotopic (exact) mass is 484 g/mol. The first-order valence-corrected chi connectivity index (χ1v) is 11.7. The van der Waals surface area contributed by atoms with Gasteiger partial charge < -0.3 is 4.74 Å². The maximum Gasteiger partial charge on any atom is 0.343 e. The molecule has 0 aliphatic rings. The zero-order valence-corrected chi connectivity index (χ0v) is 21.6. The van der Waals surface area contributed by atoms with Crippen molar-refractivity contribution in [3.8, 4) is 0 Å². The Bertz CT molecular complexity index is 1030. The second-order valence-corrected chi connectivity index (χ2v) is 8.89. The topological polar surface area (TPSA) is 113 Å². The molecule has 0 aliphatic heterocycles. The molecule has 0 fully saturated rings. The Kier molecular flexibility index (Phi) is 12.3. The van der Waals surface area contributed by atoms with Crippen molar-refractivity contribution in [2.24, 2.45) is 0 Å².